The zero-order valence-electron chi connectivity index (χ0n) is 14.6. The molecule has 0 bridgehead atoms. The number of amides is 1. The Morgan fingerprint density at radius 3 is 2.89 bits per heavy atom. The maximum Gasteiger partial charge on any atom is 0.236 e. The van der Waals surface area contributed by atoms with Gasteiger partial charge in [0.25, 0.3) is 0 Å². The molecule has 3 aromatic heterocycles. The molecule has 1 saturated heterocycles. The Morgan fingerprint density at radius 2 is 2.19 bits per heavy atom. The molecule has 1 fully saturated rings. The van der Waals surface area contributed by atoms with Crippen LogP contribution in [0.4, 0.5) is 5.82 Å². The van der Waals surface area contributed by atoms with Crippen LogP contribution in [0.1, 0.15) is 18.6 Å². The Labute approximate surface area is 163 Å². The number of halogens is 1. The maximum absolute atomic E-state index is 13.7. The second-order valence-corrected chi connectivity index (χ2v) is 7.49. The van der Waals surface area contributed by atoms with Crippen LogP contribution in [-0.2, 0) is 11.3 Å². The number of hydrogen-bond donors (Lipinski definition) is 3. The van der Waals surface area contributed by atoms with Gasteiger partial charge in [0.2, 0.25) is 5.91 Å². The molecule has 4 rings (SSSR count). The molecule has 142 valence electrons. The number of anilines is 1. The molecule has 1 aliphatic heterocycles. The summed E-state index contributed by atoms with van der Waals surface area (Å²) < 4.78 is 5.91. The van der Waals surface area contributed by atoms with Gasteiger partial charge in [-0.15, -0.1) is 0 Å². The van der Waals surface area contributed by atoms with Gasteiger partial charge in [0.15, 0.2) is 5.76 Å². The summed E-state index contributed by atoms with van der Waals surface area (Å²) in [6.45, 7) is 2.01. The number of nitrogens with two attached hydrogens (primary N) is 1. The fourth-order valence-electron chi connectivity index (χ4n) is 3.53. The van der Waals surface area contributed by atoms with Crippen LogP contribution in [0, 0.1) is 5.41 Å². The molecule has 27 heavy (non-hydrogen) atoms. The van der Waals surface area contributed by atoms with Gasteiger partial charge < -0.3 is 20.6 Å². The first-order valence-electron chi connectivity index (χ1n) is 8.75. The Morgan fingerprint density at radius 1 is 1.37 bits per heavy atom. The van der Waals surface area contributed by atoms with E-state index in [-0.39, 0.29) is 19.0 Å². The Hall–Kier alpha value is -2.30. The number of fused-ring (bicyclic) bond motifs is 1. The lowest BCUT2D eigenvalue weighted by Crippen LogP contribution is -2.53. The van der Waals surface area contributed by atoms with Gasteiger partial charge in [-0.1, -0.05) is 5.16 Å². The molecule has 0 unspecified atom stereocenters. The largest absolute Gasteiger partial charge is 0.358 e. The van der Waals surface area contributed by atoms with E-state index in [1.807, 2.05) is 6.07 Å². The van der Waals surface area contributed by atoms with Crippen LogP contribution in [0.2, 0.25) is 0 Å². The minimum atomic E-state index is -0.629. The van der Waals surface area contributed by atoms with E-state index < -0.39 is 5.41 Å². The Balaban J connectivity index is 1.78. The third kappa shape index (κ3) is 3.35. The van der Waals surface area contributed by atoms with Crippen molar-refractivity contribution < 1.29 is 9.32 Å². The third-order valence-corrected chi connectivity index (χ3v) is 5.46. The highest BCUT2D eigenvalue weighted by atomic mass is 79.9. The van der Waals surface area contributed by atoms with E-state index in [4.69, 9.17) is 10.3 Å². The SMILES string of the molecule is NCC1(C(=O)N(Cc2cc(Br)no2)c2ncnc3[nH]ccc23)CCNCC1. The van der Waals surface area contributed by atoms with Crippen LogP contribution in [0.5, 0.6) is 0 Å². The normalized spacial score (nSPS) is 16.5. The van der Waals surface area contributed by atoms with Crippen molar-refractivity contribution in [1.29, 1.82) is 0 Å². The van der Waals surface area contributed by atoms with E-state index in [0.29, 0.717) is 34.7 Å². The van der Waals surface area contributed by atoms with Crippen molar-refractivity contribution in [1.82, 2.24) is 25.4 Å². The van der Waals surface area contributed by atoms with Crippen molar-refractivity contribution in [3.8, 4) is 0 Å². The van der Waals surface area contributed by atoms with E-state index in [1.165, 1.54) is 6.33 Å². The predicted molar refractivity (Wildman–Crippen MR) is 103 cm³/mol. The van der Waals surface area contributed by atoms with Gasteiger partial charge in [0.1, 0.15) is 22.4 Å². The molecule has 0 atom stereocenters. The highest BCUT2D eigenvalue weighted by Crippen LogP contribution is 2.34. The fourth-order valence-corrected chi connectivity index (χ4v) is 3.86. The number of H-pyrrole nitrogens is 1. The molecule has 0 aliphatic carbocycles. The summed E-state index contributed by atoms with van der Waals surface area (Å²) in [4.78, 5) is 27.0. The standard InChI is InChI=1S/C17H20BrN7O2/c18-13-7-11(27-24-13)8-25(15-12-1-4-21-14(12)22-10-23-15)16(26)17(9-19)2-5-20-6-3-17/h1,4,7,10,20H,2-3,5-6,8-9,19H2,(H,21,22,23). The van der Waals surface area contributed by atoms with Crippen LogP contribution >= 0.6 is 15.9 Å². The van der Waals surface area contributed by atoms with E-state index >= 15 is 0 Å². The molecule has 0 saturated carbocycles. The Kier molecular flexibility index (Phi) is 4.94. The van der Waals surface area contributed by atoms with Crippen molar-refractivity contribution in [2.24, 2.45) is 11.1 Å². The summed E-state index contributed by atoms with van der Waals surface area (Å²) in [6, 6.07) is 3.60. The van der Waals surface area contributed by atoms with Gasteiger partial charge in [-0.3, -0.25) is 9.69 Å². The van der Waals surface area contributed by atoms with Crippen molar-refractivity contribution in [2.45, 2.75) is 19.4 Å². The second kappa shape index (κ2) is 7.37. The summed E-state index contributed by atoms with van der Waals surface area (Å²) in [5, 5.41) is 7.92. The molecule has 10 heteroatoms. The first-order valence-corrected chi connectivity index (χ1v) is 9.54. The summed E-state index contributed by atoms with van der Waals surface area (Å²) in [5.74, 6) is 1.03. The number of nitrogens with zero attached hydrogens (tertiary/aromatic N) is 4. The average molecular weight is 434 g/mol. The van der Waals surface area contributed by atoms with Crippen molar-refractivity contribution >= 4 is 38.7 Å². The molecule has 0 aromatic carbocycles. The Bertz CT molecular complexity index is 948. The van der Waals surface area contributed by atoms with E-state index in [1.54, 1.807) is 17.2 Å². The fraction of sp³-hybridized carbons (Fsp3) is 0.412. The number of carbonyl (C=O) groups is 1. The lowest BCUT2D eigenvalue weighted by atomic mass is 9.77. The van der Waals surface area contributed by atoms with Gasteiger partial charge in [0.05, 0.1) is 17.3 Å². The zero-order chi connectivity index (χ0) is 18.9. The van der Waals surface area contributed by atoms with Crippen molar-refractivity contribution in [2.75, 3.05) is 24.5 Å². The molecule has 1 amide bonds. The number of carbonyl (C=O) groups excluding carboxylic acids is 1. The summed E-state index contributed by atoms with van der Waals surface area (Å²) in [5.41, 5.74) is 6.13. The molecule has 3 aromatic rings. The van der Waals surface area contributed by atoms with Crippen molar-refractivity contribution in [3.63, 3.8) is 0 Å². The summed E-state index contributed by atoms with van der Waals surface area (Å²) in [6.07, 6.45) is 4.59. The molecule has 1 aliphatic rings. The molecular formula is C17H20BrN7O2. The number of aromatic nitrogens is 4. The molecular weight excluding hydrogens is 414 g/mol. The first-order chi connectivity index (χ1) is 13.1. The van der Waals surface area contributed by atoms with Gasteiger partial charge in [-0.25, -0.2) is 9.97 Å². The topological polar surface area (TPSA) is 126 Å². The lowest BCUT2D eigenvalue weighted by Gasteiger charge is -2.38. The monoisotopic (exact) mass is 433 g/mol. The second-order valence-electron chi connectivity index (χ2n) is 6.68. The lowest BCUT2D eigenvalue weighted by molar-refractivity contribution is -0.129. The molecule has 0 radical (unpaired) electrons. The molecule has 4 heterocycles. The van der Waals surface area contributed by atoms with Crippen LogP contribution in [0.15, 0.2) is 33.8 Å². The number of hydrogen-bond acceptors (Lipinski definition) is 7. The van der Waals surface area contributed by atoms with Crippen LogP contribution < -0.4 is 16.0 Å². The predicted octanol–water partition coefficient (Wildman–Crippen LogP) is 1.57. The first kappa shape index (κ1) is 18.1. The van der Waals surface area contributed by atoms with E-state index in [0.717, 1.165) is 18.5 Å². The summed E-state index contributed by atoms with van der Waals surface area (Å²) >= 11 is 3.28. The molecule has 9 nitrogen and oxygen atoms in total. The number of piperidine rings is 1. The van der Waals surface area contributed by atoms with Gasteiger partial charge in [0, 0.05) is 18.8 Å². The number of aromatic amines is 1. The zero-order valence-corrected chi connectivity index (χ0v) is 16.2. The summed E-state index contributed by atoms with van der Waals surface area (Å²) in [7, 11) is 0. The number of rotatable bonds is 5. The maximum atomic E-state index is 13.7. The quantitative estimate of drug-likeness (QED) is 0.557. The van der Waals surface area contributed by atoms with E-state index in [2.05, 4.69) is 41.4 Å². The van der Waals surface area contributed by atoms with Gasteiger partial charge in [-0.05, 0) is 47.9 Å². The van der Waals surface area contributed by atoms with Crippen LogP contribution in [0.25, 0.3) is 11.0 Å². The van der Waals surface area contributed by atoms with Gasteiger partial charge >= 0.3 is 0 Å². The van der Waals surface area contributed by atoms with Gasteiger partial charge in [-0.2, -0.15) is 0 Å². The highest BCUT2D eigenvalue weighted by Gasteiger charge is 2.42. The minimum Gasteiger partial charge on any atom is -0.358 e. The van der Waals surface area contributed by atoms with E-state index in [9.17, 15) is 4.79 Å². The van der Waals surface area contributed by atoms with Crippen LogP contribution in [0.3, 0.4) is 0 Å². The average Bonchev–Trinajstić information content (AvgIpc) is 3.34. The van der Waals surface area contributed by atoms with Crippen molar-refractivity contribution in [3.05, 3.63) is 35.0 Å². The van der Waals surface area contributed by atoms with Crippen LogP contribution in [-0.4, -0.2) is 45.7 Å². The highest BCUT2D eigenvalue weighted by molar-refractivity contribution is 9.10. The molecule has 4 N–H and O–H groups in total. The third-order valence-electron chi connectivity index (χ3n) is 5.08. The molecule has 0 spiro atoms. The number of nitrogens with one attached hydrogen (secondary N) is 2. The minimum absolute atomic E-state index is 0.0553. The smallest absolute Gasteiger partial charge is 0.236 e.